The number of hydrogen-bond acceptors (Lipinski definition) is 4. The smallest absolute Gasteiger partial charge is 0.240 e. The average molecular weight is 301 g/mol. The number of benzene rings is 1. The van der Waals surface area contributed by atoms with Gasteiger partial charge in [0.1, 0.15) is 5.01 Å². The summed E-state index contributed by atoms with van der Waals surface area (Å²) in [5.74, 6) is 0.187. The van der Waals surface area contributed by atoms with Crippen LogP contribution in [0.15, 0.2) is 41.9 Å². The zero-order chi connectivity index (χ0) is 14.5. The standard InChI is InChI=1S/C16H19N3OS/c20-16(14-7-4-8-17-14)19(12-15-18-9-10-21-15)11-13-5-2-1-3-6-13/h1-3,5-6,9-10,14,17H,4,7-8,11-12H2/t14-/m0/s1. The number of nitrogens with zero attached hydrogens (tertiary/aromatic N) is 2. The molecule has 0 radical (unpaired) electrons. The third-order valence-corrected chi connectivity index (χ3v) is 4.46. The average Bonchev–Trinajstić information content (AvgIpc) is 3.20. The van der Waals surface area contributed by atoms with E-state index in [2.05, 4.69) is 22.4 Å². The Balaban J connectivity index is 1.74. The Kier molecular flexibility index (Phi) is 4.62. The molecule has 1 atom stereocenters. The third kappa shape index (κ3) is 3.68. The number of aromatic nitrogens is 1. The molecular formula is C16H19N3OS. The van der Waals surface area contributed by atoms with Crippen molar-refractivity contribution in [1.82, 2.24) is 15.2 Å². The topological polar surface area (TPSA) is 45.2 Å². The Morgan fingerprint density at radius 3 is 2.86 bits per heavy atom. The van der Waals surface area contributed by atoms with Crippen LogP contribution in [0.25, 0.3) is 0 Å². The second-order valence-corrected chi connectivity index (χ2v) is 6.23. The van der Waals surface area contributed by atoms with E-state index in [1.54, 1.807) is 17.5 Å². The van der Waals surface area contributed by atoms with Gasteiger partial charge in [-0.2, -0.15) is 0 Å². The van der Waals surface area contributed by atoms with Crippen LogP contribution in [0.2, 0.25) is 0 Å². The van der Waals surface area contributed by atoms with Gasteiger partial charge in [-0.15, -0.1) is 11.3 Å². The van der Waals surface area contributed by atoms with Crippen molar-refractivity contribution >= 4 is 17.2 Å². The van der Waals surface area contributed by atoms with Crippen LogP contribution in [0.3, 0.4) is 0 Å². The number of amides is 1. The molecule has 0 unspecified atom stereocenters. The van der Waals surface area contributed by atoms with Crippen molar-refractivity contribution in [1.29, 1.82) is 0 Å². The second-order valence-electron chi connectivity index (χ2n) is 5.25. The van der Waals surface area contributed by atoms with Crippen molar-refractivity contribution in [3.63, 3.8) is 0 Å². The minimum Gasteiger partial charge on any atom is -0.330 e. The van der Waals surface area contributed by atoms with Crippen molar-refractivity contribution in [2.45, 2.75) is 32.0 Å². The second kappa shape index (κ2) is 6.83. The van der Waals surface area contributed by atoms with Crippen molar-refractivity contribution in [3.05, 3.63) is 52.5 Å². The predicted octanol–water partition coefficient (Wildman–Crippen LogP) is 2.42. The van der Waals surface area contributed by atoms with Crippen molar-refractivity contribution in [3.8, 4) is 0 Å². The molecule has 1 aromatic carbocycles. The van der Waals surface area contributed by atoms with Crippen LogP contribution in [0.4, 0.5) is 0 Å². The van der Waals surface area contributed by atoms with Gasteiger partial charge in [0.05, 0.1) is 12.6 Å². The van der Waals surface area contributed by atoms with E-state index in [9.17, 15) is 4.79 Å². The molecule has 21 heavy (non-hydrogen) atoms. The van der Waals surface area contributed by atoms with E-state index in [4.69, 9.17) is 0 Å². The fraction of sp³-hybridized carbons (Fsp3) is 0.375. The van der Waals surface area contributed by atoms with Gasteiger partial charge >= 0.3 is 0 Å². The zero-order valence-corrected chi connectivity index (χ0v) is 12.7. The molecule has 0 aliphatic carbocycles. The Labute approximate surface area is 128 Å². The summed E-state index contributed by atoms with van der Waals surface area (Å²) in [6, 6.07) is 10.1. The van der Waals surface area contributed by atoms with Gasteiger partial charge in [-0.1, -0.05) is 30.3 Å². The predicted molar refractivity (Wildman–Crippen MR) is 83.8 cm³/mol. The first-order valence-electron chi connectivity index (χ1n) is 7.27. The van der Waals surface area contributed by atoms with Crippen LogP contribution in [-0.2, 0) is 17.9 Å². The molecule has 1 aliphatic heterocycles. The first kappa shape index (κ1) is 14.2. The Morgan fingerprint density at radius 1 is 1.33 bits per heavy atom. The number of nitrogens with one attached hydrogen (secondary N) is 1. The summed E-state index contributed by atoms with van der Waals surface area (Å²) in [7, 11) is 0. The highest BCUT2D eigenvalue weighted by molar-refractivity contribution is 7.09. The molecule has 0 spiro atoms. The molecule has 1 aliphatic rings. The normalized spacial score (nSPS) is 17.8. The molecule has 110 valence electrons. The number of hydrogen-bond donors (Lipinski definition) is 1. The summed E-state index contributed by atoms with van der Waals surface area (Å²) in [6.45, 7) is 2.16. The largest absolute Gasteiger partial charge is 0.330 e. The lowest BCUT2D eigenvalue weighted by atomic mass is 10.1. The SMILES string of the molecule is O=C([C@@H]1CCCN1)N(Cc1ccccc1)Cc1nccs1. The minimum absolute atomic E-state index is 0.0336. The number of carbonyl (C=O) groups excluding carboxylic acids is 1. The van der Waals surface area contributed by atoms with Gasteiger partial charge in [-0.3, -0.25) is 4.79 Å². The van der Waals surface area contributed by atoms with E-state index >= 15 is 0 Å². The van der Waals surface area contributed by atoms with Crippen molar-refractivity contribution < 1.29 is 4.79 Å². The molecule has 1 saturated heterocycles. The van der Waals surface area contributed by atoms with Crippen LogP contribution in [-0.4, -0.2) is 28.4 Å². The first-order valence-corrected chi connectivity index (χ1v) is 8.15. The summed E-state index contributed by atoms with van der Waals surface area (Å²) in [5.41, 5.74) is 1.15. The van der Waals surface area contributed by atoms with Crippen molar-refractivity contribution in [2.75, 3.05) is 6.54 Å². The lowest BCUT2D eigenvalue weighted by Gasteiger charge is -2.25. The minimum atomic E-state index is -0.0336. The molecule has 3 rings (SSSR count). The fourth-order valence-electron chi connectivity index (χ4n) is 2.63. The molecule has 0 bridgehead atoms. The maximum absolute atomic E-state index is 12.7. The van der Waals surface area contributed by atoms with E-state index in [-0.39, 0.29) is 11.9 Å². The Hall–Kier alpha value is -1.72. The highest BCUT2D eigenvalue weighted by Crippen LogP contribution is 2.16. The summed E-state index contributed by atoms with van der Waals surface area (Å²) in [5, 5.41) is 6.23. The molecule has 1 fully saturated rings. The summed E-state index contributed by atoms with van der Waals surface area (Å²) in [6.07, 6.45) is 3.80. The molecule has 5 heteroatoms. The maximum Gasteiger partial charge on any atom is 0.240 e. The van der Waals surface area contributed by atoms with E-state index in [0.29, 0.717) is 13.1 Å². The zero-order valence-electron chi connectivity index (χ0n) is 11.9. The highest BCUT2D eigenvalue weighted by atomic mass is 32.1. The van der Waals surface area contributed by atoms with Gasteiger partial charge in [0.15, 0.2) is 0 Å². The molecule has 2 aromatic rings. The summed E-state index contributed by atoms with van der Waals surface area (Å²) >= 11 is 1.60. The van der Waals surface area contributed by atoms with E-state index in [1.807, 2.05) is 28.5 Å². The number of rotatable bonds is 5. The van der Waals surface area contributed by atoms with E-state index < -0.39 is 0 Å². The Bertz CT molecular complexity index is 564. The fourth-order valence-corrected chi connectivity index (χ4v) is 3.26. The van der Waals surface area contributed by atoms with Gasteiger partial charge in [0, 0.05) is 18.1 Å². The lowest BCUT2D eigenvalue weighted by Crippen LogP contribution is -2.42. The first-order chi connectivity index (χ1) is 10.3. The van der Waals surface area contributed by atoms with Gasteiger partial charge in [-0.05, 0) is 24.9 Å². The van der Waals surface area contributed by atoms with Gasteiger partial charge < -0.3 is 10.2 Å². The monoisotopic (exact) mass is 301 g/mol. The van der Waals surface area contributed by atoms with E-state index in [0.717, 1.165) is 30.0 Å². The molecule has 1 amide bonds. The summed E-state index contributed by atoms with van der Waals surface area (Å²) < 4.78 is 0. The highest BCUT2D eigenvalue weighted by Gasteiger charge is 2.27. The van der Waals surface area contributed by atoms with Crippen LogP contribution < -0.4 is 5.32 Å². The quantitative estimate of drug-likeness (QED) is 0.922. The molecule has 1 N–H and O–H groups in total. The molecule has 0 saturated carbocycles. The van der Waals surface area contributed by atoms with Crippen molar-refractivity contribution in [2.24, 2.45) is 0 Å². The van der Waals surface area contributed by atoms with Gasteiger partial charge in [0.2, 0.25) is 5.91 Å². The molecular weight excluding hydrogens is 282 g/mol. The number of thiazole rings is 1. The Morgan fingerprint density at radius 2 is 2.19 bits per heavy atom. The van der Waals surface area contributed by atoms with Crippen LogP contribution in [0, 0.1) is 0 Å². The molecule has 2 heterocycles. The third-order valence-electron chi connectivity index (χ3n) is 3.70. The summed E-state index contributed by atoms with van der Waals surface area (Å²) in [4.78, 5) is 18.9. The maximum atomic E-state index is 12.7. The molecule has 1 aromatic heterocycles. The lowest BCUT2D eigenvalue weighted by molar-refractivity contribution is -0.134. The van der Waals surface area contributed by atoms with Gasteiger partial charge in [-0.25, -0.2) is 4.98 Å². The van der Waals surface area contributed by atoms with Gasteiger partial charge in [0.25, 0.3) is 0 Å². The van der Waals surface area contributed by atoms with Crippen LogP contribution in [0.5, 0.6) is 0 Å². The van der Waals surface area contributed by atoms with E-state index in [1.165, 1.54) is 0 Å². The van der Waals surface area contributed by atoms with Crippen LogP contribution in [0.1, 0.15) is 23.4 Å². The van der Waals surface area contributed by atoms with Crippen LogP contribution >= 0.6 is 11.3 Å². The molecule has 4 nitrogen and oxygen atoms in total. The number of carbonyl (C=O) groups is 1.